The highest BCUT2D eigenvalue weighted by atomic mass is 32.1. The van der Waals surface area contributed by atoms with Gasteiger partial charge in [-0.25, -0.2) is 4.98 Å². The van der Waals surface area contributed by atoms with Gasteiger partial charge in [0.15, 0.2) is 0 Å². The maximum atomic E-state index is 8.47. The van der Waals surface area contributed by atoms with Gasteiger partial charge in [0.25, 0.3) is 0 Å². The van der Waals surface area contributed by atoms with Crippen LogP contribution >= 0.6 is 11.3 Å². The van der Waals surface area contributed by atoms with Crippen LogP contribution in [0.3, 0.4) is 0 Å². The molecule has 1 aromatic carbocycles. The van der Waals surface area contributed by atoms with Crippen molar-refractivity contribution in [2.75, 3.05) is 13.6 Å². The fourth-order valence-electron chi connectivity index (χ4n) is 1.65. The van der Waals surface area contributed by atoms with Crippen LogP contribution in [-0.2, 0) is 6.54 Å². The highest BCUT2D eigenvalue weighted by Gasteiger charge is 2.06. The number of amidine groups is 1. The van der Waals surface area contributed by atoms with Crippen molar-refractivity contribution in [3.8, 4) is 0 Å². The second kappa shape index (κ2) is 5.79. The molecule has 18 heavy (non-hydrogen) atoms. The summed E-state index contributed by atoms with van der Waals surface area (Å²) in [4.78, 5) is 6.67. The SMILES string of the molecule is CN(CC/C(N)=N/O)Cc1nc2ccccc2s1. The quantitative estimate of drug-likeness (QED) is 0.374. The van der Waals surface area contributed by atoms with Crippen LogP contribution in [0.15, 0.2) is 29.4 Å². The van der Waals surface area contributed by atoms with E-state index >= 15 is 0 Å². The van der Waals surface area contributed by atoms with E-state index in [2.05, 4.69) is 21.1 Å². The first-order chi connectivity index (χ1) is 8.69. The molecule has 1 heterocycles. The topological polar surface area (TPSA) is 74.7 Å². The van der Waals surface area contributed by atoms with Gasteiger partial charge in [0.1, 0.15) is 10.8 Å². The summed E-state index contributed by atoms with van der Waals surface area (Å²) in [6.45, 7) is 1.52. The van der Waals surface area contributed by atoms with E-state index in [0.717, 1.165) is 23.6 Å². The fraction of sp³-hybridized carbons (Fsp3) is 0.333. The molecule has 0 saturated heterocycles. The Morgan fingerprint density at radius 2 is 2.28 bits per heavy atom. The van der Waals surface area contributed by atoms with Crippen LogP contribution in [0, 0.1) is 0 Å². The van der Waals surface area contributed by atoms with Gasteiger partial charge in [-0.05, 0) is 19.2 Å². The predicted octanol–water partition coefficient (Wildman–Crippen LogP) is 1.86. The first kappa shape index (κ1) is 12.8. The van der Waals surface area contributed by atoms with Gasteiger partial charge in [-0.2, -0.15) is 0 Å². The molecule has 5 nitrogen and oxygen atoms in total. The Labute approximate surface area is 110 Å². The van der Waals surface area contributed by atoms with Gasteiger partial charge in [-0.3, -0.25) is 4.90 Å². The molecule has 3 N–H and O–H groups in total. The summed E-state index contributed by atoms with van der Waals surface area (Å²) in [7, 11) is 2.00. The van der Waals surface area contributed by atoms with Crippen molar-refractivity contribution in [2.45, 2.75) is 13.0 Å². The average molecular weight is 264 g/mol. The van der Waals surface area contributed by atoms with E-state index < -0.39 is 0 Å². The molecular formula is C12H16N4OS. The Morgan fingerprint density at radius 1 is 1.50 bits per heavy atom. The van der Waals surface area contributed by atoms with Crippen molar-refractivity contribution in [1.82, 2.24) is 9.88 Å². The number of aromatic nitrogens is 1. The number of hydrogen-bond donors (Lipinski definition) is 2. The molecule has 0 aliphatic heterocycles. The lowest BCUT2D eigenvalue weighted by Gasteiger charge is -2.13. The van der Waals surface area contributed by atoms with E-state index in [1.807, 2.05) is 25.2 Å². The number of nitrogens with two attached hydrogens (primary N) is 1. The Bertz CT molecular complexity index is 519. The van der Waals surface area contributed by atoms with Crippen molar-refractivity contribution in [1.29, 1.82) is 0 Å². The minimum atomic E-state index is 0.256. The molecule has 6 heteroatoms. The van der Waals surface area contributed by atoms with Gasteiger partial charge in [0.05, 0.1) is 16.8 Å². The molecular weight excluding hydrogens is 248 g/mol. The van der Waals surface area contributed by atoms with Crippen LogP contribution in [0.5, 0.6) is 0 Å². The Kier molecular flexibility index (Phi) is 4.11. The van der Waals surface area contributed by atoms with E-state index in [4.69, 9.17) is 10.9 Å². The first-order valence-electron chi connectivity index (χ1n) is 5.68. The Balaban J connectivity index is 1.96. The number of rotatable bonds is 5. The van der Waals surface area contributed by atoms with Gasteiger partial charge < -0.3 is 10.9 Å². The van der Waals surface area contributed by atoms with E-state index in [0.29, 0.717) is 6.42 Å². The Hall–Kier alpha value is -1.66. The summed E-state index contributed by atoms with van der Waals surface area (Å²) in [6.07, 6.45) is 0.553. The Morgan fingerprint density at radius 3 is 3.00 bits per heavy atom. The zero-order valence-electron chi connectivity index (χ0n) is 10.2. The van der Waals surface area contributed by atoms with Gasteiger partial charge in [-0.1, -0.05) is 17.3 Å². The molecule has 0 fully saturated rings. The summed E-state index contributed by atoms with van der Waals surface area (Å²) in [5, 5.41) is 12.5. The van der Waals surface area contributed by atoms with E-state index in [-0.39, 0.29) is 5.84 Å². The van der Waals surface area contributed by atoms with Crippen LogP contribution in [0.25, 0.3) is 10.2 Å². The lowest BCUT2D eigenvalue weighted by molar-refractivity contribution is 0.309. The van der Waals surface area contributed by atoms with E-state index in [9.17, 15) is 0 Å². The molecule has 2 rings (SSSR count). The third-order valence-electron chi connectivity index (χ3n) is 2.62. The maximum absolute atomic E-state index is 8.47. The predicted molar refractivity (Wildman–Crippen MR) is 74.0 cm³/mol. The first-order valence-corrected chi connectivity index (χ1v) is 6.50. The van der Waals surface area contributed by atoms with E-state index in [1.165, 1.54) is 4.70 Å². The number of oxime groups is 1. The van der Waals surface area contributed by atoms with Gasteiger partial charge in [0, 0.05) is 13.0 Å². The minimum absolute atomic E-state index is 0.256. The number of thiazole rings is 1. The number of fused-ring (bicyclic) bond motifs is 1. The van der Waals surface area contributed by atoms with Crippen molar-refractivity contribution in [2.24, 2.45) is 10.9 Å². The third kappa shape index (κ3) is 3.18. The van der Waals surface area contributed by atoms with Crippen LogP contribution in [0.1, 0.15) is 11.4 Å². The smallest absolute Gasteiger partial charge is 0.140 e. The fourth-order valence-corrected chi connectivity index (χ4v) is 2.70. The van der Waals surface area contributed by atoms with Crippen molar-refractivity contribution in [3.63, 3.8) is 0 Å². The van der Waals surface area contributed by atoms with Crippen LogP contribution in [-0.4, -0.2) is 34.5 Å². The molecule has 0 amide bonds. The summed E-state index contributed by atoms with van der Waals surface area (Å²) in [5.74, 6) is 0.256. The van der Waals surface area contributed by atoms with Crippen LogP contribution in [0.4, 0.5) is 0 Å². The minimum Gasteiger partial charge on any atom is -0.409 e. The maximum Gasteiger partial charge on any atom is 0.140 e. The highest BCUT2D eigenvalue weighted by Crippen LogP contribution is 2.22. The van der Waals surface area contributed by atoms with Crippen LogP contribution in [0.2, 0.25) is 0 Å². The van der Waals surface area contributed by atoms with Gasteiger partial charge in [0.2, 0.25) is 0 Å². The second-order valence-electron chi connectivity index (χ2n) is 4.15. The summed E-state index contributed by atoms with van der Waals surface area (Å²) in [6, 6.07) is 8.11. The molecule has 96 valence electrons. The number of para-hydroxylation sites is 1. The molecule has 0 radical (unpaired) electrons. The largest absolute Gasteiger partial charge is 0.409 e. The zero-order chi connectivity index (χ0) is 13.0. The molecule has 0 bridgehead atoms. The van der Waals surface area contributed by atoms with Gasteiger partial charge in [-0.15, -0.1) is 11.3 Å². The molecule has 1 aromatic heterocycles. The molecule has 0 unspecified atom stereocenters. The van der Waals surface area contributed by atoms with Crippen molar-refractivity contribution < 1.29 is 5.21 Å². The molecule has 0 saturated carbocycles. The lowest BCUT2D eigenvalue weighted by Crippen LogP contribution is -2.24. The third-order valence-corrected chi connectivity index (χ3v) is 3.64. The van der Waals surface area contributed by atoms with Crippen LogP contribution < -0.4 is 5.73 Å². The average Bonchev–Trinajstić information content (AvgIpc) is 2.77. The molecule has 2 aromatic rings. The second-order valence-corrected chi connectivity index (χ2v) is 5.27. The van der Waals surface area contributed by atoms with Gasteiger partial charge >= 0.3 is 0 Å². The molecule has 0 spiro atoms. The van der Waals surface area contributed by atoms with E-state index in [1.54, 1.807) is 11.3 Å². The monoisotopic (exact) mass is 264 g/mol. The molecule has 0 aliphatic rings. The normalized spacial score (nSPS) is 12.4. The van der Waals surface area contributed by atoms with Crippen molar-refractivity contribution >= 4 is 27.4 Å². The standard InChI is InChI=1S/C12H16N4OS/c1-16(7-6-11(13)15-17)8-12-14-9-4-2-3-5-10(9)18-12/h2-5,17H,6-8H2,1H3,(H2,13,15). The molecule has 0 aliphatic carbocycles. The van der Waals surface area contributed by atoms with Crippen molar-refractivity contribution in [3.05, 3.63) is 29.3 Å². The number of benzene rings is 1. The summed E-state index contributed by atoms with van der Waals surface area (Å²) >= 11 is 1.70. The number of hydrogen-bond acceptors (Lipinski definition) is 5. The zero-order valence-corrected chi connectivity index (χ0v) is 11.0. The highest BCUT2D eigenvalue weighted by molar-refractivity contribution is 7.18. The number of nitrogens with zero attached hydrogens (tertiary/aromatic N) is 3. The lowest BCUT2D eigenvalue weighted by atomic mass is 10.3. The summed E-state index contributed by atoms with van der Waals surface area (Å²) < 4.78 is 1.21. The molecule has 0 atom stereocenters. The summed E-state index contributed by atoms with van der Waals surface area (Å²) in [5.41, 5.74) is 6.48.